The van der Waals surface area contributed by atoms with Crippen LogP contribution < -0.4 is 5.73 Å². The van der Waals surface area contributed by atoms with E-state index in [1.54, 1.807) is 0 Å². The molecule has 2 unspecified atom stereocenters. The van der Waals surface area contributed by atoms with E-state index in [-0.39, 0.29) is 0 Å². The largest absolute Gasteiger partial charge is 0.394 e. The second-order valence-corrected chi connectivity index (χ2v) is 2.81. The molecule has 0 aromatic carbocycles. The third-order valence-corrected chi connectivity index (χ3v) is 1.95. The van der Waals surface area contributed by atoms with Gasteiger partial charge in [-0.2, -0.15) is 0 Å². The molecule has 72 valence electrons. The van der Waals surface area contributed by atoms with Crippen LogP contribution in [0.25, 0.3) is 0 Å². The third-order valence-electron chi connectivity index (χ3n) is 1.95. The third kappa shape index (κ3) is 1.58. The van der Waals surface area contributed by atoms with Crippen LogP contribution in [0.4, 0.5) is 0 Å². The van der Waals surface area contributed by atoms with Gasteiger partial charge in [0.25, 0.3) is 0 Å². The number of aliphatic hydroxyl groups excluding tert-OH is 4. The van der Waals surface area contributed by atoms with E-state index < -0.39 is 37.3 Å². The standard InChI is InChI=1S/C6H13NO5/c7-3-5(10)4(9)2(1-8)12-6(3)11/h2-6,8-11H,1,7H2/t2-,3+,4?,5-,6?/m0/s1. The molecular weight excluding hydrogens is 166 g/mol. The Balaban J connectivity index is 2.63. The molecule has 1 rings (SSSR count). The van der Waals surface area contributed by atoms with Crippen LogP contribution >= 0.6 is 0 Å². The first-order chi connectivity index (χ1) is 5.57. The molecule has 1 fully saturated rings. The van der Waals surface area contributed by atoms with Gasteiger partial charge in [-0.05, 0) is 0 Å². The normalized spacial score (nSPS) is 49.2. The molecule has 1 heterocycles. The molecule has 0 saturated carbocycles. The van der Waals surface area contributed by atoms with Crippen molar-refractivity contribution in [3.63, 3.8) is 0 Å². The van der Waals surface area contributed by atoms with E-state index in [0.717, 1.165) is 0 Å². The van der Waals surface area contributed by atoms with Gasteiger partial charge in [-0.25, -0.2) is 0 Å². The first kappa shape index (κ1) is 9.85. The summed E-state index contributed by atoms with van der Waals surface area (Å²) in [4.78, 5) is 0. The zero-order chi connectivity index (χ0) is 9.30. The van der Waals surface area contributed by atoms with Crippen LogP contribution in [0.1, 0.15) is 0 Å². The molecule has 0 bridgehead atoms. The van der Waals surface area contributed by atoms with Crippen molar-refractivity contribution < 1.29 is 25.2 Å². The Morgan fingerprint density at radius 2 is 1.75 bits per heavy atom. The van der Waals surface area contributed by atoms with Crippen LogP contribution in [0.15, 0.2) is 0 Å². The highest BCUT2D eigenvalue weighted by atomic mass is 16.6. The van der Waals surface area contributed by atoms with E-state index in [2.05, 4.69) is 0 Å². The van der Waals surface area contributed by atoms with Crippen molar-refractivity contribution in [1.29, 1.82) is 0 Å². The Labute approximate surface area is 69.2 Å². The van der Waals surface area contributed by atoms with Crippen molar-refractivity contribution in [2.24, 2.45) is 5.73 Å². The summed E-state index contributed by atoms with van der Waals surface area (Å²) in [5.74, 6) is 0. The van der Waals surface area contributed by atoms with Crippen LogP contribution in [0, 0.1) is 0 Å². The molecule has 1 saturated heterocycles. The molecule has 0 aliphatic carbocycles. The topological polar surface area (TPSA) is 116 Å². The van der Waals surface area contributed by atoms with Gasteiger partial charge in [0.05, 0.1) is 12.6 Å². The maximum Gasteiger partial charge on any atom is 0.173 e. The lowest BCUT2D eigenvalue weighted by atomic mass is 9.98. The van der Waals surface area contributed by atoms with E-state index in [9.17, 15) is 10.2 Å². The predicted octanol–water partition coefficient (Wildman–Crippen LogP) is -3.25. The fourth-order valence-corrected chi connectivity index (χ4v) is 1.12. The average Bonchev–Trinajstić information content (AvgIpc) is 2.08. The Bertz CT molecular complexity index is 150. The zero-order valence-electron chi connectivity index (χ0n) is 6.37. The van der Waals surface area contributed by atoms with Crippen LogP contribution in [-0.2, 0) is 4.74 Å². The average molecular weight is 179 g/mol. The van der Waals surface area contributed by atoms with Gasteiger partial charge >= 0.3 is 0 Å². The molecule has 0 radical (unpaired) electrons. The highest BCUT2D eigenvalue weighted by Crippen LogP contribution is 2.17. The lowest BCUT2D eigenvalue weighted by Crippen LogP contribution is -2.61. The molecule has 6 nitrogen and oxygen atoms in total. The van der Waals surface area contributed by atoms with Crippen LogP contribution in [0.2, 0.25) is 0 Å². The molecule has 12 heavy (non-hydrogen) atoms. The number of rotatable bonds is 1. The predicted molar refractivity (Wildman–Crippen MR) is 38.0 cm³/mol. The van der Waals surface area contributed by atoms with Gasteiger partial charge in [-0.3, -0.25) is 0 Å². The molecule has 0 aromatic heterocycles. The highest BCUT2D eigenvalue weighted by Gasteiger charge is 2.41. The maximum absolute atomic E-state index is 9.20. The summed E-state index contributed by atoms with van der Waals surface area (Å²) < 4.78 is 4.70. The van der Waals surface area contributed by atoms with Gasteiger partial charge in [0.1, 0.15) is 18.3 Å². The SMILES string of the molecule is N[C@H]1C(O)O[C@@H](CO)C(O)[C@H]1O. The van der Waals surface area contributed by atoms with E-state index >= 15 is 0 Å². The first-order valence-electron chi connectivity index (χ1n) is 3.64. The van der Waals surface area contributed by atoms with Crippen LogP contribution in [-0.4, -0.2) is 57.7 Å². The number of hydrogen-bond acceptors (Lipinski definition) is 6. The number of aliphatic hydroxyl groups is 4. The van der Waals surface area contributed by atoms with E-state index in [4.69, 9.17) is 20.7 Å². The van der Waals surface area contributed by atoms with E-state index in [0.29, 0.717) is 0 Å². The molecular formula is C6H13NO5. The molecule has 5 atom stereocenters. The number of nitrogens with two attached hydrogens (primary N) is 1. The molecule has 0 amide bonds. The Kier molecular flexibility index (Phi) is 2.99. The monoisotopic (exact) mass is 179 g/mol. The Morgan fingerprint density at radius 3 is 2.25 bits per heavy atom. The second-order valence-electron chi connectivity index (χ2n) is 2.81. The molecule has 0 aromatic rings. The van der Waals surface area contributed by atoms with Crippen molar-refractivity contribution in [2.45, 2.75) is 30.6 Å². The molecule has 6 heteroatoms. The van der Waals surface area contributed by atoms with Crippen molar-refractivity contribution in [1.82, 2.24) is 0 Å². The summed E-state index contributed by atoms with van der Waals surface area (Å²) in [7, 11) is 0. The van der Waals surface area contributed by atoms with E-state index in [1.165, 1.54) is 0 Å². The lowest BCUT2D eigenvalue weighted by molar-refractivity contribution is -0.248. The van der Waals surface area contributed by atoms with Crippen molar-refractivity contribution >= 4 is 0 Å². The first-order valence-corrected chi connectivity index (χ1v) is 3.64. The smallest absolute Gasteiger partial charge is 0.173 e. The van der Waals surface area contributed by atoms with Gasteiger partial charge < -0.3 is 30.9 Å². The van der Waals surface area contributed by atoms with Gasteiger partial charge in [-0.15, -0.1) is 0 Å². The van der Waals surface area contributed by atoms with Gasteiger partial charge in [0.15, 0.2) is 6.29 Å². The van der Waals surface area contributed by atoms with Gasteiger partial charge in [0.2, 0.25) is 0 Å². The summed E-state index contributed by atoms with van der Waals surface area (Å²) in [5.41, 5.74) is 5.26. The zero-order valence-corrected chi connectivity index (χ0v) is 6.37. The van der Waals surface area contributed by atoms with Gasteiger partial charge in [0, 0.05) is 0 Å². The highest BCUT2D eigenvalue weighted by molar-refractivity contribution is 4.90. The summed E-state index contributed by atoms with van der Waals surface area (Å²) in [6, 6.07) is -1.04. The van der Waals surface area contributed by atoms with Crippen molar-refractivity contribution in [3.8, 4) is 0 Å². The van der Waals surface area contributed by atoms with Crippen LogP contribution in [0.5, 0.6) is 0 Å². The van der Waals surface area contributed by atoms with E-state index in [1.807, 2.05) is 0 Å². The second kappa shape index (κ2) is 3.65. The summed E-state index contributed by atoms with van der Waals surface area (Å²) in [5, 5.41) is 36.1. The van der Waals surface area contributed by atoms with Crippen molar-refractivity contribution in [2.75, 3.05) is 6.61 Å². The summed E-state index contributed by atoms with van der Waals surface area (Å²) in [6.07, 6.45) is -4.85. The van der Waals surface area contributed by atoms with Crippen LogP contribution in [0.3, 0.4) is 0 Å². The summed E-state index contributed by atoms with van der Waals surface area (Å²) in [6.45, 7) is -0.470. The minimum absolute atomic E-state index is 0.470. The van der Waals surface area contributed by atoms with Crippen molar-refractivity contribution in [3.05, 3.63) is 0 Å². The Hall–Kier alpha value is -0.240. The fraction of sp³-hybridized carbons (Fsp3) is 1.00. The minimum atomic E-state index is -1.35. The molecule has 6 N–H and O–H groups in total. The molecule has 0 spiro atoms. The minimum Gasteiger partial charge on any atom is -0.394 e. The molecule has 1 aliphatic heterocycles. The lowest BCUT2D eigenvalue weighted by Gasteiger charge is -2.38. The maximum atomic E-state index is 9.20. The quantitative estimate of drug-likeness (QED) is 0.288. The number of hydrogen-bond donors (Lipinski definition) is 5. The molecule has 1 aliphatic rings. The number of ether oxygens (including phenoxy) is 1. The van der Waals surface area contributed by atoms with Gasteiger partial charge in [-0.1, -0.05) is 0 Å². The summed E-state index contributed by atoms with van der Waals surface area (Å²) >= 11 is 0. The Morgan fingerprint density at radius 1 is 1.17 bits per heavy atom. The fourth-order valence-electron chi connectivity index (χ4n) is 1.12.